The maximum Gasteiger partial charge on any atom is 0.326 e. The Kier molecular flexibility index (Phi) is 2.87. The number of carbonyl (C=O) groups is 2. The molecule has 0 aliphatic carbocycles. The van der Waals surface area contributed by atoms with Crippen LogP contribution >= 0.6 is 0 Å². The van der Waals surface area contributed by atoms with Crippen LogP contribution in [0.1, 0.15) is 23.8 Å². The van der Waals surface area contributed by atoms with E-state index in [9.17, 15) is 9.59 Å². The number of hydrogen-bond donors (Lipinski definition) is 1. The summed E-state index contributed by atoms with van der Waals surface area (Å²) in [5.74, 6) is -1.21. The van der Waals surface area contributed by atoms with Crippen molar-refractivity contribution in [3.63, 3.8) is 0 Å². The van der Waals surface area contributed by atoms with Gasteiger partial charge in [-0.15, -0.1) is 0 Å². The van der Waals surface area contributed by atoms with E-state index in [1.807, 2.05) is 6.92 Å². The molecule has 0 bridgehead atoms. The highest BCUT2D eigenvalue weighted by molar-refractivity contribution is 5.95. The number of nitrogens with zero attached hydrogens (tertiary/aromatic N) is 3. The van der Waals surface area contributed by atoms with E-state index >= 15 is 0 Å². The van der Waals surface area contributed by atoms with Crippen LogP contribution in [0.3, 0.4) is 0 Å². The summed E-state index contributed by atoms with van der Waals surface area (Å²) in [5.41, 5.74) is 0.422. The fraction of sp³-hybridized carbons (Fsp3) is 0.545. The summed E-state index contributed by atoms with van der Waals surface area (Å²) in [5, 5.41) is 13.1. The minimum absolute atomic E-state index is 0.00956. The number of carbonyl (C=O) groups excluding carboxylic acids is 1. The Labute approximate surface area is 98.8 Å². The molecule has 0 spiro atoms. The lowest BCUT2D eigenvalue weighted by atomic mass is 10.0. The molecule has 0 radical (unpaired) electrons. The number of carboxylic acid groups (broad SMARTS) is 1. The summed E-state index contributed by atoms with van der Waals surface area (Å²) in [6.07, 6.45) is 2.25. The van der Waals surface area contributed by atoms with E-state index in [-0.39, 0.29) is 11.8 Å². The second-order valence-corrected chi connectivity index (χ2v) is 4.39. The van der Waals surface area contributed by atoms with Crippen LogP contribution < -0.4 is 0 Å². The molecule has 1 aromatic rings. The zero-order valence-electron chi connectivity index (χ0n) is 9.83. The second-order valence-electron chi connectivity index (χ2n) is 4.39. The molecule has 1 amide bonds. The molecule has 1 aliphatic heterocycles. The Morgan fingerprint density at radius 3 is 2.76 bits per heavy atom. The number of rotatable bonds is 2. The Balaban J connectivity index is 2.26. The van der Waals surface area contributed by atoms with E-state index in [4.69, 9.17) is 5.11 Å². The van der Waals surface area contributed by atoms with Crippen molar-refractivity contribution in [3.8, 4) is 0 Å². The maximum atomic E-state index is 12.2. The van der Waals surface area contributed by atoms with Crippen molar-refractivity contribution < 1.29 is 14.7 Å². The van der Waals surface area contributed by atoms with Crippen molar-refractivity contribution in [1.29, 1.82) is 0 Å². The first-order valence-corrected chi connectivity index (χ1v) is 5.54. The summed E-state index contributed by atoms with van der Waals surface area (Å²) in [6, 6.07) is 0.877. The number of carboxylic acids is 1. The van der Waals surface area contributed by atoms with Gasteiger partial charge < -0.3 is 10.0 Å². The zero-order valence-corrected chi connectivity index (χ0v) is 9.83. The number of amides is 1. The Bertz CT molecular complexity index is 455. The van der Waals surface area contributed by atoms with E-state index in [1.54, 1.807) is 13.1 Å². The topological polar surface area (TPSA) is 75.4 Å². The van der Waals surface area contributed by atoms with Gasteiger partial charge in [0, 0.05) is 19.8 Å². The summed E-state index contributed by atoms with van der Waals surface area (Å²) in [7, 11) is 1.67. The van der Waals surface area contributed by atoms with Gasteiger partial charge in [-0.3, -0.25) is 9.48 Å². The third-order valence-electron chi connectivity index (χ3n) is 3.25. The van der Waals surface area contributed by atoms with Crippen molar-refractivity contribution in [2.24, 2.45) is 13.0 Å². The van der Waals surface area contributed by atoms with Crippen LogP contribution in [-0.2, 0) is 11.8 Å². The van der Waals surface area contributed by atoms with E-state index in [0.717, 1.165) is 6.42 Å². The second kappa shape index (κ2) is 4.20. The standard InChI is InChI=1S/C11H15N3O3/c1-7-4-6-14(9(7)11(16)17)10(15)8-3-5-12-13(8)2/h3,5,7,9H,4,6H2,1-2H3,(H,16,17). The molecule has 2 unspecified atom stereocenters. The molecular formula is C11H15N3O3. The quantitative estimate of drug-likeness (QED) is 0.805. The number of likely N-dealkylation sites (tertiary alicyclic amines) is 1. The van der Waals surface area contributed by atoms with Gasteiger partial charge in [0.2, 0.25) is 0 Å². The van der Waals surface area contributed by atoms with Gasteiger partial charge in [0.25, 0.3) is 5.91 Å². The van der Waals surface area contributed by atoms with Gasteiger partial charge in [0.1, 0.15) is 11.7 Å². The Hall–Kier alpha value is -1.85. The number of hydrogen-bond acceptors (Lipinski definition) is 3. The SMILES string of the molecule is CC1CCN(C(=O)c2ccnn2C)C1C(=O)O. The van der Waals surface area contributed by atoms with Crippen LogP contribution in [0.15, 0.2) is 12.3 Å². The molecule has 1 fully saturated rings. The summed E-state index contributed by atoms with van der Waals surface area (Å²) >= 11 is 0. The normalized spacial score (nSPS) is 24.0. The van der Waals surface area contributed by atoms with Crippen molar-refractivity contribution in [1.82, 2.24) is 14.7 Å². The molecule has 2 heterocycles. The molecule has 0 aromatic carbocycles. The van der Waals surface area contributed by atoms with Gasteiger partial charge in [-0.2, -0.15) is 5.10 Å². The zero-order chi connectivity index (χ0) is 12.6. The minimum atomic E-state index is -0.939. The van der Waals surface area contributed by atoms with Crippen LogP contribution in [0.25, 0.3) is 0 Å². The smallest absolute Gasteiger partial charge is 0.326 e. The first kappa shape index (κ1) is 11.6. The van der Waals surface area contributed by atoms with Gasteiger partial charge >= 0.3 is 5.97 Å². The van der Waals surface area contributed by atoms with Gasteiger partial charge in [-0.05, 0) is 18.4 Å². The predicted octanol–water partition coefficient (Wildman–Crippen LogP) is 0.355. The van der Waals surface area contributed by atoms with E-state index in [2.05, 4.69) is 5.10 Å². The first-order valence-electron chi connectivity index (χ1n) is 5.54. The predicted molar refractivity (Wildman–Crippen MR) is 59.4 cm³/mol. The third kappa shape index (κ3) is 1.90. The highest BCUT2D eigenvalue weighted by atomic mass is 16.4. The monoisotopic (exact) mass is 237 g/mol. The van der Waals surface area contributed by atoms with Crippen LogP contribution in [0.2, 0.25) is 0 Å². The molecular weight excluding hydrogens is 222 g/mol. The Morgan fingerprint density at radius 1 is 1.53 bits per heavy atom. The molecule has 92 valence electrons. The molecule has 1 N–H and O–H groups in total. The highest BCUT2D eigenvalue weighted by Crippen LogP contribution is 2.25. The molecule has 2 rings (SSSR count). The maximum absolute atomic E-state index is 12.2. The van der Waals surface area contributed by atoms with Gasteiger partial charge in [-0.25, -0.2) is 4.79 Å². The average molecular weight is 237 g/mol. The molecule has 1 aliphatic rings. The van der Waals surface area contributed by atoms with Crippen molar-refractivity contribution in [3.05, 3.63) is 18.0 Å². The summed E-state index contributed by atoms with van der Waals surface area (Å²) < 4.78 is 1.46. The molecule has 2 atom stereocenters. The van der Waals surface area contributed by atoms with Crippen molar-refractivity contribution in [2.75, 3.05) is 6.54 Å². The van der Waals surface area contributed by atoms with E-state index in [1.165, 1.54) is 15.8 Å². The van der Waals surface area contributed by atoms with Gasteiger partial charge in [0.05, 0.1) is 0 Å². The van der Waals surface area contributed by atoms with Crippen LogP contribution in [-0.4, -0.2) is 44.3 Å². The molecule has 6 heteroatoms. The minimum Gasteiger partial charge on any atom is -0.480 e. The largest absolute Gasteiger partial charge is 0.480 e. The number of aromatic nitrogens is 2. The molecule has 1 saturated heterocycles. The molecule has 17 heavy (non-hydrogen) atoms. The number of aryl methyl sites for hydroxylation is 1. The molecule has 6 nitrogen and oxygen atoms in total. The van der Waals surface area contributed by atoms with Crippen LogP contribution in [0.5, 0.6) is 0 Å². The molecule has 0 saturated carbocycles. The van der Waals surface area contributed by atoms with Gasteiger partial charge in [-0.1, -0.05) is 6.92 Å². The lowest BCUT2D eigenvalue weighted by Crippen LogP contribution is -2.43. The molecule has 1 aromatic heterocycles. The van der Waals surface area contributed by atoms with Crippen LogP contribution in [0.4, 0.5) is 0 Å². The average Bonchev–Trinajstić information content (AvgIpc) is 2.83. The number of aliphatic carboxylic acids is 1. The lowest BCUT2D eigenvalue weighted by Gasteiger charge is -2.23. The fourth-order valence-corrected chi connectivity index (χ4v) is 2.28. The fourth-order valence-electron chi connectivity index (χ4n) is 2.28. The van der Waals surface area contributed by atoms with E-state index < -0.39 is 12.0 Å². The lowest BCUT2D eigenvalue weighted by molar-refractivity contribution is -0.142. The first-order chi connectivity index (χ1) is 8.02. The van der Waals surface area contributed by atoms with Crippen molar-refractivity contribution >= 4 is 11.9 Å². The van der Waals surface area contributed by atoms with E-state index in [0.29, 0.717) is 12.2 Å². The third-order valence-corrected chi connectivity index (χ3v) is 3.25. The van der Waals surface area contributed by atoms with Crippen LogP contribution in [0, 0.1) is 5.92 Å². The highest BCUT2D eigenvalue weighted by Gasteiger charge is 2.40. The summed E-state index contributed by atoms with van der Waals surface area (Å²) in [6.45, 7) is 2.34. The van der Waals surface area contributed by atoms with Crippen molar-refractivity contribution in [2.45, 2.75) is 19.4 Å². The van der Waals surface area contributed by atoms with Gasteiger partial charge in [0.15, 0.2) is 0 Å². The Morgan fingerprint density at radius 2 is 2.24 bits per heavy atom. The summed E-state index contributed by atoms with van der Waals surface area (Å²) in [4.78, 5) is 24.8.